The van der Waals surface area contributed by atoms with Crippen molar-refractivity contribution in [2.45, 2.75) is 44.0 Å². The molecule has 0 atom stereocenters. The highest BCUT2D eigenvalue weighted by Gasteiger charge is 2.20. The Balaban J connectivity index is 1.69. The zero-order valence-electron chi connectivity index (χ0n) is 15.8. The summed E-state index contributed by atoms with van der Waals surface area (Å²) in [6.45, 7) is 2.64. The smallest absolute Gasteiger partial charge is 0.261 e. The van der Waals surface area contributed by atoms with Gasteiger partial charge >= 0.3 is 0 Å². The van der Waals surface area contributed by atoms with Crippen LogP contribution in [0.25, 0.3) is 11.4 Å². The van der Waals surface area contributed by atoms with Gasteiger partial charge in [-0.25, -0.2) is 8.42 Å². The molecule has 0 spiro atoms. The molecule has 2 heterocycles. The van der Waals surface area contributed by atoms with Crippen LogP contribution in [0.1, 0.15) is 30.7 Å². The summed E-state index contributed by atoms with van der Waals surface area (Å²) in [5.41, 5.74) is 1.86. The van der Waals surface area contributed by atoms with Crippen LogP contribution in [0.2, 0.25) is 10.0 Å². The van der Waals surface area contributed by atoms with E-state index in [0.717, 1.165) is 43.6 Å². The van der Waals surface area contributed by atoms with E-state index in [-0.39, 0.29) is 4.90 Å². The maximum Gasteiger partial charge on any atom is 0.261 e. The van der Waals surface area contributed by atoms with Crippen LogP contribution in [0.5, 0.6) is 0 Å². The lowest BCUT2D eigenvalue weighted by Gasteiger charge is -2.12. The average Bonchev–Trinajstić information content (AvgIpc) is 2.93. The molecule has 1 aromatic heterocycles. The largest absolute Gasteiger partial charge is 0.311 e. The van der Waals surface area contributed by atoms with Crippen molar-refractivity contribution >= 4 is 38.9 Å². The highest BCUT2D eigenvalue weighted by molar-refractivity contribution is 7.92. The highest BCUT2D eigenvalue weighted by Crippen LogP contribution is 2.32. The first-order valence-electron chi connectivity index (χ1n) is 9.36. The lowest BCUT2D eigenvalue weighted by atomic mass is 10.2. The van der Waals surface area contributed by atoms with Crippen molar-refractivity contribution in [2.24, 2.45) is 0 Å². The molecule has 4 rings (SSSR count). The molecule has 9 heteroatoms. The Kier molecular flexibility index (Phi) is 5.55. The molecule has 0 aliphatic carbocycles. The monoisotopic (exact) mass is 450 g/mol. The van der Waals surface area contributed by atoms with Gasteiger partial charge in [0.1, 0.15) is 5.82 Å². The van der Waals surface area contributed by atoms with E-state index in [1.807, 2.05) is 6.92 Å². The van der Waals surface area contributed by atoms with Gasteiger partial charge in [-0.2, -0.15) is 0 Å². The zero-order valence-corrected chi connectivity index (χ0v) is 18.2. The van der Waals surface area contributed by atoms with Crippen LogP contribution in [0, 0.1) is 6.92 Å². The molecule has 0 saturated heterocycles. The van der Waals surface area contributed by atoms with E-state index in [4.69, 9.17) is 23.2 Å². The average molecular weight is 451 g/mol. The van der Waals surface area contributed by atoms with Crippen molar-refractivity contribution in [3.05, 3.63) is 57.8 Å². The molecule has 0 radical (unpaired) electrons. The first kappa shape index (κ1) is 20.2. The van der Waals surface area contributed by atoms with Crippen molar-refractivity contribution in [1.82, 2.24) is 14.8 Å². The lowest BCUT2D eigenvalue weighted by molar-refractivity contribution is 0.601. The Hall–Kier alpha value is -2.09. The molecule has 2 aromatic carbocycles. The predicted molar refractivity (Wildman–Crippen MR) is 115 cm³/mol. The van der Waals surface area contributed by atoms with Gasteiger partial charge in [-0.3, -0.25) is 4.72 Å². The second-order valence-electron chi connectivity index (χ2n) is 7.11. The quantitative estimate of drug-likeness (QED) is 0.600. The van der Waals surface area contributed by atoms with Crippen molar-refractivity contribution in [3.63, 3.8) is 0 Å². The van der Waals surface area contributed by atoms with Crippen molar-refractivity contribution < 1.29 is 8.42 Å². The number of nitrogens with zero attached hydrogens (tertiary/aromatic N) is 3. The Morgan fingerprint density at radius 2 is 1.83 bits per heavy atom. The van der Waals surface area contributed by atoms with E-state index in [2.05, 4.69) is 19.5 Å². The number of benzene rings is 2. The molecule has 6 nitrogen and oxygen atoms in total. The topological polar surface area (TPSA) is 76.9 Å². The Labute approximate surface area is 179 Å². The minimum atomic E-state index is -3.79. The molecule has 1 aliphatic rings. The minimum absolute atomic E-state index is 0.0981. The summed E-state index contributed by atoms with van der Waals surface area (Å²) in [6.07, 6.45) is 4.17. The molecule has 0 unspecified atom stereocenters. The molecule has 29 heavy (non-hydrogen) atoms. The third-order valence-electron chi connectivity index (χ3n) is 5.02. The molecular formula is C20H20Cl2N4O2S. The van der Waals surface area contributed by atoms with Crippen LogP contribution < -0.4 is 4.72 Å². The summed E-state index contributed by atoms with van der Waals surface area (Å²) in [5.74, 6) is 1.60. The van der Waals surface area contributed by atoms with E-state index in [9.17, 15) is 8.42 Å². The minimum Gasteiger partial charge on any atom is -0.311 e. The van der Waals surface area contributed by atoms with Crippen LogP contribution in [0.15, 0.2) is 41.3 Å². The molecule has 0 amide bonds. The molecule has 1 aliphatic heterocycles. The zero-order chi connectivity index (χ0) is 20.6. The van der Waals surface area contributed by atoms with Crippen molar-refractivity contribution in [2.75, 3.05) is 4.72 Å². The molecule has 0 fully saturated rings. The number of aryl methyl sites for hydroxylation is 2. The number of fused-ring (bicyclic) bond motifs is 1. The first-order valence-corrected chi connectivity index (χ1v) is 11.6. The third-order valence-corrected chi connectivity index (χ3v) is 7.14. The normalized spacial score (nSPS) is 14.3. The van der Waals surface area contributed by atoms with E-state index >= 15 is 0 Å². The fourth-order valence-electron chi connectivity index (χ4n) is 3.40. The number of rotatable bonds is 4. The van der Waals surface area contributed by atoms with Gasteiger partial charge < -0.3 is 4.57 Å². The lowest BCUT2D eigenvalue weighted by Crippen LogP contribution is -2.13. The predicted octanol–water partition coefficient (Wildman–Crippen LogP) is 5.09. The first-order chi connectivity index (χ1) is 13.8. The summed E-state index contributed by atoms with van der Waals surface area (Å²) in [6, 6.07) is 9.62. The Bertz CT molecular complexity index is 1180. The summed E-state index contributed by atoms with van der Waals surface area (Å²) in [7, 11) is -3.79. The standard InChI is InChI=1S/C20H20Cl2N4O2S/c1-13-6-8-15(12-18(13)22)29(27,28)25-14-7-9-17(21)16(11-14)20-24-23-19-5-3-2-4-10-26(19)20/h6-9,11-12,25H,2-5,10H2,1H3. The second-order valence-corrected chi connectivity index (χ2v) is 9.61. The molecule has 3 aromatic rings. The summed E-state index contributed by atoms with van der Waals surface area (Å²) in [4.78, 5) is 0.0981. The number of aromatic nitrogens is 3. The summed E-state index contributed by atoms with van der Waals surface area (Å²) < 4.78 is 30.3. The Morgan fingerprint density at radius 3 is 2.62 bits per heavy atom. The second kappa shape index (κ2) is 7.97. The van der Waals surface area contributed by atoms with E-state index in [1.54, 1.807) is 24.3 Å². The molecular weight excluding hydrogens is 431 g/mol. The van der Waals surface area contributed by atoms with Crippen molar-refractivity contribution in [1.29, 1.82) is 0 Å². The highest BCUT2D eigenvalue weighted by atomic mass is 35.5. The van der Waals surface area contributed by atoms with E-state index in [0.29, 0.717) is 27.1 Å². The molecule has 0 saturated carbocycles. The maximum absolute atomic E-state index is 12.8. The van der Waals surface area contributed by atoms with E-state index < -0.39 is 10.0 Å². The van der Waals surface area contributed by atoms with Crippen LogP contribution in [-0.2, 0) is 23.0 Å². The summed E-state index contributed by atoms with van der Waals surface area (Å²) >= 11 is 12.5. The molecule has 152 valence electrons. The molecule has 1 N–H and O–H groups in total. The summed E-state index contributed by atoms with van der Waals surface area (Å²) in [5, 5.41) is 9.52. The third kappa shape index (κ3) is 4.13. The van der Waals surface area contributed by atoms with Gasteiger partial charge in [-0.1, -0.05) is 35.7 Å². The fraction of sp³-hybridized carbons (Fsp3) is 0.300. The fourth-order valence-corrected chi connectivity index (χ4v) is 4.92. The van der Waals surface area contributed by atoms with Gasteiger partial charge in [0.25, 0.3) is 10.0 Å². The Morgan fingerprint density at radius 1 is 1.00 bits per heavy atom. The van der Waals surface area contributed by atoms with Crippen LogP contribution in [0.4, 0.5) is 5.69 Å². The van der Waals surface area contributed by atoms with Gasteiger partial charge in [0.05, 0.1) is 9.92 Å². The number of hydrogen-bond acceptors (Lipinski definition) is 4. The molecule has 0 bridgehead atoms. The van der Waals surface area contributed by atoms with Crippen LogP contribution >= 0.6 is 23.2 Å². The van der Waals surface area contributed by atoms with Crippen LogP contribution in [0.3, 0.4) is 0 Å². The van der Waals surface area contributed by atoms with Crippen molar-refractivity contribution in [3.8, 4) is 11.4 Å². The number of sulfonamides is 1. The van der Waals surface area contributed by atoms with Gasteiger partial charge in [0.2, 0.25) is 0 Å². The number of halogens is 2. The van der Waals surface area contributed by atoms with Gasteiger partial charge in [-0.05, 0) is 55.7 Å². The maximum atomic E-state index is 12.8. The SMILES string of the molecule is Cc1ccc(S(=O)(=O)Nc2ccc(Cl)c(-c3nnc4n3CCCCC4)c2)cc1Cl. The van der Waals surface area contributed by atoms with Gasteiger partial charge in [0, 0.05) is 29.2 Å². The van der Waals surface area contributed by atoms with Gasteiger partial charge in [-0.15, -0.1) is 10.2 Å². The number of hydrogen-bond donors (Lipinski definition) is 1. The number of anilines is 1. The van der Waals surface area contributed by atoms with E-state index in [1.165, 1.54) is 12.1 Å². The van der Waals surface area contributed by atoms with Gasteiger partial charge in [0.15, 0.2) is 5.82 Å². The number of nitrogens with one attached hydrogen (secondary N) is 1. The van der Waals surface area contributed by atoms with Crippen LogP contribution in [-0.4, -0.2) is 23.2 Å².